The van der Waals surface area contributed by atoms with Gasteiger partial charge in [-0.2, -0.15) is 0 Å². The fourth-order valence-corrected chi connectivity index (χ4v) is 2.43. The molecule has 0 amide bonds. The number of nitrogen functional groups attached to an aromatic ring is 1. The van der Waals surface area contributed by atoms with E-state index in [4.69, 9.17) is 5.84 Å². The quantitative estimate of drug-likeness (QED) is 0.415. The molecular formula is C15H26N4O2. The Morgan fingerprint density at radius 3 is 2.48 bits per heavy atom. The molecule has 0 saturated carbocycles. The van der Waals surface area contributed by atoms with E-state index >= 15 is 0 Å². The monoisotopic (exact) mass is 294 g/mol. The van der Waals surface area contributed by atoms with Crippen LogP contribution < -0.4 is 11.3 Å². The van der Waals surface area contributed by atoms with Gasteiger partial charge in [0.1, 0.15) is 5.69 Å². The maximum absolute atomic E-state index is 10.9. The van der Waals surface area contributed by atoms with Gasteiger partial charge in [-0.15, -0.1) is 0 Å². The number of nitro groups is 1. The Hall–Kier alpha value is -1.66. The van der Waals surface area contributed by atoms with E-state index in [1.54, 1.807) is 12.1 Å². The summed E-state index contributed by atoms with van der Waals surface area (Å²) < 4.78 is 0. The highest BCUT2D eigenvalue weighted by atomic mass is 16.6. The molecule has 0 saturated heterocycles. The first-order valence-electron chi connectivity index (χ1n) is 7.51. The number of nitrogens with one attached hydrogen (secondary N) is 1. The first-order valence-corrected chi connectivity index (χ1v) is 7.51. The number of anilines is 1. The molecule has 0 radical (unpaired) electrons. The standard InChI is InChI=1S/C15H26N4O2/c1-4-12(5-2)10-18(6-3)11-13-7-8-15(19(20)21)14(9-13)17-16/h7-9,12,17H,4-6,10-11,16H2,1-3H3. The largest absolute Gasteiger partial charge is 0.318 e. The molecule has 118 valence electrons. The van der Waals surface area contributed by atoms with Gasteiger partial charge in [0.2, 0.25) is 0 Å². The number of hydrogen-bond acceptors (Lipinski definition) is 5. The van der Waals surface area contributed by atoms with Gasteiger partial charge >= 0.3 is 0 Å². The number of nitro benzene ring substituents is 1. The van der Waals surface area contributed by atoms with Gasteiger partial charge in [0, 0.05) is 19.2 Å². The first-order chi connectivity index (χ1) is 10.0. The zero-order valence-electron chi connectivity index (χ0n) is 13.1. The van der Waals surface area contributed by atoms with Gasteiger partial charge < -0.3 is 5.43 Å². The highest BCUT2D eigenvalue weighted by molar-refractivity contribution is 5.62. The summed E-state index contributed by atoms with van der Waals surface area (Å²) in [6.45, 7) is 9.34. The lowest BCUT2D eigenvalue weighted by Crippen LogP contribution is -2.28. The van der Waals surface area contributed by atoms with Crippen molar-refractivity contribution in [3.8, 4) is 0 Å². The van der Waals surface area contributed by atoms with Crippen LogP contribution in [0.1, 0.15) is 39.2 Å². The maximum Gasteiger partial charge on any atom is 0.293 e. The van der Waals surface area contributed by atoms with E-state index in [2.05, 4.69) is 31.1 Å². The molecule has 0 spiro atoms. The van der Waals surface area contributed by atoms with E-state index < -0.39 is 4.92 Å². The molecule has 0 atom stereocenters. The predicted octanol–water partition coefficient (Wildman–Crippen LogP) is 3.14. The molecule has 6 heteroatoms. The van der Waals surface area contributed by atoms with Gasteiger partial charge in [0.15, 0.2) is 0 Å². The third-order valence-electron chi connectivity index (χ3n) is 3.94. The van der Waals surface area contributed by atoms with Crippen LogP contribution in [0.25, 0.3) is 0 Å². The Balaban J connectivity index is 2.83. The molecule has 6 nitrogen and oxygen atoms in total. The van der Waals surface area contributed by atoms with Crippen molar-refractivity contribution in [3.63, 3.8) is 0 Å². The van der Waals surface area contributed by atoms with E-state index in [1.165, 1.54) is 18.9 Å². The predicted molar refractivity (Wildman–Crippen MR) is 85.9 cm³/mol. The SMILES string of the molecule is CCC(CC)CN(CC)Cc1ccc([N+](=O)[O-])c(NN)c1. The Bertz CT molecular complexity index is 461. The molecule has 0 aliphatic carbocycles. The van der Waals surface area contributed by atoms with Crippen LogP contribution in [0.2, 0.25) is 0 Å². The fraction of sp³-hybridized carbons (Fsp3) is 0.600. The van der Waals surface area contributed by atoms with Gasteiger partial charge in [-0.05, 0) is 24.1 Å². The van der Waals surface area contributed by atoms with Crippen molar-refractivity contribution in [1.29, 1.82) is 0 Å². The Morgan fingerprint density at radius 2 is 2.00 bits per heavy atom. The summed E-state index contributed by atoms with van der Waals surface area (Å²) in [5.74, 6) is 6.07. The molecule has 1 rings (SSSR count). The molecule has 1 aromatic carbocycles. The molecule has 21 heavy (non-hydrogen) atoms. The van der Waals surface area contributed by atoms with E-state index in [-0.39, 0.29) is 5.69 Å². The Morgan fingerprint density at radius 1 is 1.33 bits per heavy atom. The van der Waals surface area contributed by atoms with Crippen molar-refractivity contribution in [1.82, 2.24) is 4.90 Å². The molecule has 0 aliphatic heterocycles. The molecule has 0 bridgehead atoms. The van der Waals surface area contributed by atoms with E-state index in [1.807, 2.05) is 0 Å². The second kappa shape index (κ2) is 8.59. The van der Waals surface area contributed by atoms with E-state index in [0.717, 1.165) is 25.2 Å². The lowest BCUT2D eigenvalue weighted by molar-refractivity contribution is -0.384. The summed E-state index contributed by atoms with van der Waals surface area (Å²) >= 11 is 0. The zero-order valence-corrected chi connectivity index (χ0v) is 13.1. The summed E-state index contributed by atoms with van der Waals surface area (Å²) in [7, 11) is 0. The lowest BCUT2D eigenvalue weighted by Gasteiger charge is -2.25. The summed E-state index contributed by atoms with van der Waals surface area (Å²) in [6, 6.07) is 5.07. The number of hydrazine groups is 1. The fourth-order valence-electron chi connectivity index (χ4n) is 2.43. The molecule has 0 unspecified atom stereocenters. The topological polar surface area (TPSA) is 84.4 Å². The van der Waals surface area contributed by atoms with Crippen molar-refractivity contribution in [2.45, 2.75) is 40.2 Å². The minimum atomic E-state index is -0.430. The van der Waals surface area contributed by atoms with Crippen molar-refractivity contribution in [3.05, 3.63) is 33.9 Å². The Kier molecular flexibility index (Phi) is 7.11. The van der Waals surface area contributed by atoms with Gasteiger partial charge in [-0.1, -0.05) is 39.7 Å². The number of nitrogens with zero attached hydrogens (tertiary/aromatic N) is 2. The van der Waals surface area contributed by atoms with Crippen molar-refractivity contribution in [2.24, 2.45) is 11.8 Å². The van der Waals surface area contributed by atoms with Crippen LogP contribution in [0.3, 0.4) is 0 Å². The molecule has 3 N–H and O–H groups in total. The van der Waals surface area contributed by atoms with Gasteiger partial charge in [0.25, 0.3) is 5.69 Å². The average molecular weight is 294 g/mol. The molecule has 0 aliphatic rings. The second-order valence-electron chi connectivity index (χ2n) is 5.26. The number of nitrogens with two attached hydrogens (primary N) is 1. The van der Waals surface area contributed by atoms with Crippen molar-refractivity contribution < 1.29 is 4.92 Å². The Labute approximate surface area is 126 Å². The highest BCUT2D eigenvalue weighted by Gasteiger charge is 2.15. The minimum absolute atomic E-state index is 0.00397. The maximum atomic E-state index is 10.9. The zero-order chi connectivity index (χ0) is 15.8. The molecule has 0 aromatic heterocycles. The smallest absolute Gasteiger partial charge is 0.293 e. The van der Waals surface area contributed by atoms with Crippen LogP contribution in [0.4, 0.5) is 11.4 Å². The van der Waals surface area contributed by atoms with Gasteiger partial charge in [0.05, 0.1) is 4.92 Å². The minimum Gasteiger partial charge on any atom is -0.318 e. The lowest BCUT2D eigenvalue weighted by atomic mass is 10.0. The second-order valence-corrected chi connectivity index (χ2v) is 5.26. The van der Waals surface area contributed by atoms with E-state index in [0.29, 0.717) is 11.6 Å². The van der Waals surface area contributed by atoms with Gasteiger partial charge in [-0.25, -0.2) is 0 Å². The van der Waals surface area contributed by atoms with Crippen molar-refractivity contribution >= 4 is 11.4 Å². The number of hydrogen-bond donors (Lipinski definition) is 2. The molecule has 1 aromatic rings. The van der Waals surface area contributed by atoms with Crippen LogP contribution in [-0.4, -0.2) is 22.9 Å². The molecule has 0 heterocycles. The number of rotatable bonds is 9. The third-order valence-corrected chi connectivity index (χ3v) is 3.94. The van der Waals surface area contributed by atoms with Crippen molar-refractivity contribution in [2.75, 3.05) is 18.5 Å². The average Bonchev–Trinajstić information content (AvgIpc) is 2.50. The van der Waals surface area contributed by atoms with Gasteiger partial charge in [-0.3, -0.25) is 20.9 Å². The van der Waals surface area contributed by atoms with Crippen LogP contribution >= 0.6 is 0 Å². The van der Waals surface area contributed by atoms with Crippen LogP contribution in [0.15, 0.2) is 18.2 Å². The molecular weight excluding hydrogens is 268 g/mol. The summed E-state index contributed by atoms with van der Waals surface area (Å²) in [4.78, 5) is 12.8. The van der Waals surface area contributed by atoms with Crippen LogP contribution in [0.5, 0.6) is 0 Å². The van der Waals surface area contributed by atoms with Crippen LogP contribution in [-0.2, 0) is 6.54 Å². The van der Waals surface area contributed by atoms with Crippen LogP contribution in [0, 0.1) is 16.0 Å². The van der Waals surface area contributed by atoms with E-state index in [9.17, 15) is 10.1 Å². The molecule has 0 fully saturated rings. The summed E-state index contributed by atoms with van der Waals surface area (Å²) in [5.41, 5.74) is 3.80. The summed E-state index contributed by atoms with van der Waals surface area (Å²) in [6.07, 6.45) is 2.34. The third kappa shape index (κ3) is 4.99. The first kappa shape index (κ1) is 17.4. The number of benzene rings is 1. The summed E-state index contributed by atoms with van der Waals surface area (Å²) in [5, 5.41) is 10.9. The highest BCUT2D eigenvalue weighted by Crippen LogP contribution is 2.25. The normalized spacial score (nSPS) is 11.1.